The Hall–Kier alpha value is -2.98. The van der Waals surface area contributed by atoms with E-state index < -0.39 is 15.8 Å². The molecule has 0 atom stereocenters. The third-order valence-electron chi connectivity index (χ3n) is 5.22. The number of carbonyl (C=O) groups is 1. The fraction of sp³-hybridized carbons (Fsp3) is 0.381. The second kappa shape index (κ2) is 8.27. The summed E-state index contributed by atoms with van der Waals surface area (Å²) in [6, 6.07) is 8.29. The predicted molar refractivity (Wildman–Crippen MR) is 114 cm³/mol. The summed E-state index contributed by atoms with van der Waals surface area (Å²) in [5.41, 5.74) is 1.54. The van der Waals surface area contributed by atoms with Crippen LogP contribution in [0.3, 0.4) is 0 Å². The van der Waals surface area contributed by atoms with Gasteiger partial charge in [0.2, 0.25) is 0 Å². The maximum Gasteiger partial charge on any atom is 0.380 e. The molecule has 9 nitrogen and oxygen atoms in total. The highest BCUT2D eigenvalue weighted by atomic mass is 32.2. The van der Waals surface area contributed by atoms with Crippen molar-refractivity contribution in [1.82, 2.24) is 4.90 Å². The van der Waals surface area contributed by atoms with Crippen LogP contribution < -0.4 is 23.5 Å². The smallest absolute Gasteiger partial charge is 0.380 e. The monoisotopic (exact) mass is 450 g/mol. The first-order valence-corrected chi connectivity index (χ1v) is 10.9. The minimum atomic E-state index is -4.21. The Kier molecular flexibility index (Phi) is 6.06. The maximum atomic E-state index is 13.4. The van der Waals surface area contributed by atoms with E-state index in [-0.39, 0.29) is 17.4 Å². The molecule has 1 aliphatic rings. The third-order valence-corrected chi connectivity index (χ3v) is 5.63. The number of amides is 1. The molecule has 2 N–H and O–H groups in total. The van der Waals surface area contributed by atoms with E-state index in [4.69, 9.17) is 23.5 Å². The number of hydrogen-bond acceptors (Lipinski definition) is 7. The van der Waals surface area contributed by atoms with Gasteiger partial charge in [-0.25, -0.2) is 0 Å². The van der Waals surface area contributed by atoms with E-state index in [9.17, 15) is 13.2 Å². The lowest BCUT2D eigenvalue weighted by Crippen LogP contribution is -2.51. The van der Waals surface area contributed by atoms with Crippen molar-refractivity contribution in [1.29, 1.82) is 0 Å². The molecule has 0 saturated carbocycles. The molecule has 1 amide bonds. The third kappa shape index (κ3) is 4.86. The number of nitrogens with zero attached hydrogens (tertiary/aromatic N) is 1. The molecule has 2 aromatic rings. The van der Waals surface area contributed by atoms with Gasteiger partial charge in [0.25, 0.3) is 5.91 Å². The molecule has 1 aliphatic heterocycles. The summed E-state index contributed by atoms with van der Waals surface area (Å²) in [6.07, 6.45) is 0.472. The van der Waals surface area contributed by atoms with Crippen LogP contribution in [0.1, 0.15) is 35.3 Å². The molecular weight excluding hydrogens is 424 g/mol. The Balaban J connectivity index is 2.01. The Morgan fingerprint density at radius 1 is 0.935 bits per heavy atom. The second-order valence-electron chi connectivity index (χ2n) is 7.83. The van der Waals surface area contributed by atoms with Gasteiger partial charge in [0.05, 0.1) is 21.3 Å². The molecule has 31 heavy (non-hydrogen) atoms. The van der Waals surface area contributed by atoms with Crippen LogP contribution >= 0.6 is 0 Å². The molecular formula is C21H26N2O7S. The molecule has 0 radical (unpaired) electrons. The first kappa shape index (κ1) is 22.7. The van der Waals surface area contributed by atoms with Gasteiger partial charge in [-0.2, -0.15) is 13.6 Å². The number of rotatable bonds is 6. The normalized spacial score (nSPS) is 15.1. The van der Waals surface area contributed by atoms with Gasteiger partial charge in [0.15, 0.2) is 11.5 Å². The summed E-state index contributed by atoms with van der Waals surface area (Å²) in [5, 5.41) is 5.02. The van der Waals surface area contributed by atoms with Crippen molar-refractivity contribution < 1.29 is 31.6 Å². The van der Waals surface area contributed by atoms with Crippen molar-refractivity contribution in [2.45, 2.75) is 32.4 Å². The van der Waals surface area contributed by atoms with E-state index in [1.54, 1.807) is 35.2 Å². The zero-order valence-electron chi connectivity index (χ0n) is 18.1. The van der Waals surface area contributed by atoms with Crippen LogP contribution in [0.4, 0.5) is 0 Å². The molecule has 0 saturated heterocycles. The molecule has 1 heterocycles. The van der Waals surface area contributed by atoms with E-state index in [1.165, 1.54) is 21.3 Å². The number of benzene rings is 2. The lowest BCUT2D eigenvalue weighted by molar-refractivity contribution is 0.0487. The lowest BCUT2D eigenvalue weighted by Gasteiger charge is -2.43. The van der Waals surface area contributed by atoms with Crippen LogP contribution in [0, 0.1) is 0 Å². The van der Waals surface area contributed by atoms with Crippen LogP contribution in [0.5, 0.6) is 23.0 Å². The molecule has 0 fully saturated rings. The van der Waals surface area contributed by atoms with Crippen LogP contribution in [-0.2, 0) is 23.3 Å². The minimum Gasteiger partial charge on any atom is -0.497 e. The van der Waals surface area contributed by atoms with E-state index in [2.05, 4.69) is 0 Å². The van der Waals surface area contributed by atoms with Gasteiger partial charge in [-0.1, -0.05) is 0 Å². The average molecular weight is 451 g/mol. The predicted octanol–water partition coefficient (Wildman–Crippen LogP) is 2.27. The minimum absolute atomic E-state index is 0.0110. The molecule has 0 aromatic heterocycles. The van der Waals surface area contributed by atoms with Crippen molar-refractivity contribution in [2.75, 3.05) is 21.3 Å². The van der Waals surface area contributed by atoms with E-state index >= 15 is 0 Å². The maximum absolute atomic E-state index is 13.4. The molecule has 0 spiro atoms. The lowest BCUT2D eigenvalue weighted by atomic mass is 9.84. The van der Waals surface area contributed by atoms with Gasteiger partial charge in [-0.15, -0.1) is 0 Å². The Labute approximate surface area is 181 Å². The number of carbonyl (C=O) groups excluding carboxylic acids is 1. The molecule has 10 heteroatoms. The van der Waals surface area contributed by atoms with Crippen molar-refractivity contribution in [3.05, 3.63) is 47.0 Å². The first-order valence-electron chi connectivity index (χ1n) is 9.44. The number of hydrogen-bond donors (Lipinski definition) is 1. The number of fused-ring (bicyclic) bond motifs is 1. The van der Waals surface area contributed by atoms with Crippen LogP contribution in [0.15, 0.2) is 30.3 Å². The molecule has 2 aromatic carbocycles. The Morgan fingerprint density at radius 2 is 1.52 bits per heavy atom. The van der Waals surface area contributed by atoms with Crippen molar-refractivity contribution in [2.24, 2.45) is 5.14 Å². The van der Waals surface area contributed by atoms with E-state index in [0.29, 0.717) is 30.0 Å². The number of nitrogens with two attached hydrogens (primary N) is 1. The van der Waals surface area contributed by atoms with Gasteiger partial charge in [0.1, 0.15) is 11.5 Å². The number of ether oxygens (including phenoxy) is 3. The van der Waals surface area contributed by atoms with Gasteiger partial charge < -0.3 is 23.3 Å². The quantitative estimate of drug-likeness (QED) is 0.717. The zero-order valence-corrected chi connectivity index (χ0v) is 18.9. The van der Waals surface area contributed by atoms with Crippen LogP contribution in [0.2, 0.25) is 0 Å². The molecule has 0 bridgehead atoms. The molecule has 3 rings (SSSR count). The summed E-state index contributed by atoms with van der Waals surface area (Å²) >= 11 is 0. The zero-order chi connectivity index (χ0) is 23.0. The van der Waals surface area contributed by atoms with Gasteiger partial charge in [-0.3, -0.25) is 4.79 Å². The van der Waals surface area contributed by atoms with Crippen LogP contribution in [0.25, 0.3) is 0 Å². The van der Waals surface area contributed by atoms with Crippen molar-refractivity contribution >= 4 is 16.2 Å². The molecule has 0 aliphatic carbocycles. The van der Waals surface area contributed by atoms with E-state index in [0.717, 1.165) is 11.1 Å². The van der Waals surface area contributed by atoms with Gasteiger partial charge in [-0.05, 0) is 55.7 Å². The van der Waals surface area contributed by atoms with Crippen molar-refractivity contribution in [3.63, 3.8) is 0 Å². The van der Waals surface area contributed by atoms with Crippen molar-refractivity contribution in [3.8, 4) is 23.0 Å². The molecule has 168 valence electrons. The summed E-state index contributed by atoms with van der Waals surface area (Å²) in [5.74, 6) is 1.07. The fourth-order valence-corrected chi connectivity index (χ4v) is 4.07. The highest BCUT2D eigenvalue weighted by Gasteiger charge is 2.37. The Morgan fingerprint density at radius 3 is 2.03 bits per heavy atom. The topological polar surface area (TPSA) is 117 Å². The van der Waals surface area contributed by atoms with Gasteiger partial charge >= 0.3 is 10.3 Å². The highest BCUT2D eigenvalue weighted by Crippen LogP contribution is 2.39. The van der Waals surface area contributed by atoms with Gasteiger partial charge in [0, 0.05) is 23.7 Å². The summed E-state index contributed by atoms with van der Waals surface area (Å²) in [7, 11) is 0.243. The Bertz CT molecular complexity index is 1090. The largest absolute Gasteiger partial charge is 0.497 e. The standard InChI is InChI=1S/C21H26N2O7S/c1-21(2)11-14-8-19(30-31(22,25)26)18(29-5)9-15(14)12-23(21)20(24)13-6-16(27-3)10-17(7-13)28-4/h6-10H,11-12H2,1-5H3,(H2,22,25,26). The number of methoxy groups -OCH3 is 3. The summed E-state index contributed by atoms with van der Waals surface area (Å²) in [6.45, 7) is 4.18. The van der Waals surface area contributed by atoms with E-state index in [1.807, 2.05) is 13.8 Å². The summed E-state index contributed by atoms with van der Waals surface area (Å²) in [4.78, 5) is 15.2. The molecule has 0 unspecified atom stereocenters. The SMILES string of the molecule is COc1cc(OC)cc(C(=O)N2Cc3cc(OC)c(OS(N)(=O)=O)cc3CC2(C)C)c1. The summed E-state index contributed by atoms with van der Waals surface area (Å²) < 4.78 is 43.5. The first-order chi connectivity index (χ1) is 14.5. The second-order valence-corrected chi connectivity index (χ2v) is 8.98. The average Bonchev–Trinajstić information content (AvgIpc) is 2.70. The highest BCUT2D eigenvalue weighted by molar-refractivity contribution is 7.84. The fourth-order valence-electron chi connectivity index (χ4n) is 3.68. The van der Waals surface area contributed by atoms with Crippen LogP contribution in [-0.4, -0.2) is 46.1 Å².